The number of hydrogen-bond acceptors (Lipinski definition) is 4. The maximum Gasteiger partial charge on any atom is 0.224 e. The van der Waals surface area contributed by atoms with Gasteiger partial charge in [0.2, 0.25) is 5.91 Å². The first kappa shape index (κ1) is 21.7. The summed E-state index contributed by atoms with van der Waals surface area (Å²) in [6.07, 6.45) is -1.63. The standard InChI is InChI=1S/C21H19ClF4N2O3/c22-11-7-14(24)20(15(25)8-11)28-6-5-21(30,17(26)9-28)10-31-16-3-2-13(23)19-12(16)1-4-18(29)27-19/h2-3,7-8,17,30H,1,4-6,9-10H2,(H,27,29)/t17-,21+/m1/s1. The molecule has 2 aromatic carbocycles. The number of fused-ring (bicyclic) bond motifs is 1. The van der Waals surface area contributed by atoms with Gasteiger partial charge in [0.15, 0.2) is 11.6 Å². The number of nitrogens with one attached hydrogen (secondary N) is 1. The molecule has 4 rings (SSSR count). The molecule has 0 radical (unpaired) electrons. The number of ether oxygens (including phenoxy) is 1. The van der Waals surface area contributed by atoms with Gasteiger partial charge in [-0.05, 0) is 37.1 Å². The molecule has 2 aromatic rings. The number of hydrogen-bond donors (Lipinski definition) is 2. The molecule has 2 heterocycles. The Hall–Kier alpha value is -2.52. The fraction of sp³-hybridized carbons (Fsp3) is 0.381. The van der Waals surface area contributed by atoms with E-state index in [0.29, 0.717) is 5.56 Å². The van der Waals surface area contributed by atoms with E-state index in [-0.39, 0.29) is 48.2 Å². The molecule has 1 fully saturated rings. The summed E-state index contributed by atoms with van der Waals surface area (Å²) in [6.45, 7) is -0.917. The van der Waals surface area contributed by atoms with E-state index >= 15 is 0 Å². The fourth-order valence-corrected chi connectivity index (χ4v) is 4.10. The molecule has 10 heteroatoms. The largest absolute Gasteiger partial charge is 0.490 e. The van der Waals surface area contributed by atoms with Gasteiger partial charge in [0.1, 0.15) is 35.6 Å². The molecular weight excluding hydrogens is 440 g/mol. The predicted octanol–water partition coefficient (Wildman–Crippen LogP) is 4.00. The average Bonchev–Trinajstić information content (AvgIpc) is 2.70. The van der Waals surface area contributed by atoms with Gasteiger partial charge in [-0.2, -0.15) is 0 Å². The van der Waals surface area contributed by atoms with E-state index in [1.807, 2.05) is 0 Å². The first-order valence-electron chi connectivity index (χ1n) is 9.68. The quantitative estimate of drug-likeness (QED) is 0.680. The van der Waals surface area contributed by atoms with Crippen molar-refractivity contribution in [3.63, 3.8) is 0 Å². The Labute approximate surface area is 180 Å². The lowest BCUT2D eigenvalue weighted by molar-refractivity contribution is -0.116. The van der Waals surface area contributed by atoms with E-state index < -0.39 is 48.1 Å². The number of carbonyl (C=O) groups excluding carboxylic acids is 1. The molecule has 0 spiro atoms. The van der Waals surface area contributed by atoms with Crippen LogP contribution in [-0.2, 0) is 11.2 Å². The Morgan fingerprint density at radius 1 is 1.19 bits per heavy atom. The molecule has 2 N–H and O–H groups in total. The molecule has 5 nitrogen and oxygen atoms in total. The van der Waals surface area contributed by atoms with Crippen molar-refractivity contribution in [2.45, 2.75) is 31.0 Å². The number of alkyl halides is 1. The zero-order chi connectivity index (χ0) is 22.3. The zero-order valence-corrected chi connectivity index (χ0v) is 17.0. The van der Waals surface area contributed by atoms with Crippen LogP contribution in [0, 0.1) is 17.5 Å². The minimum atomic E-state index is -1.91. The Balaban J connectivity index is 1.48. The normalized spacial score (nSPS) is 23.4. The first-order valence-corrected chi connectivity index (χ1v) is 10.1. The highest BCUT2D eigenvalue weighted by molar-refractivity contribution is 6.30. The van der Waals surface area contributed by atoms with E-state index in [0.717, 1.165) is 18.2 Å². The predicted molar refractivity (Wildman–Crippen MR) is 107 cm³/mol. The molecule has 166 valence electrons. The van der Waals surface area contributed by atoms with Crippen molar-refractivity contribution in [2.24, 2.45) is 0 Å². The van der Waals surface area contributed by atoms with Crippen molar-refractivity contribution in [1.29, 1.82) is 0 Å². The van der Waals surface area contributed by atoms with Gasteiger partial charge in [-0.3, -0.25) is 4.79 Å². The van der Waals surface area contributed by atoms with Crippen LogP contribution in [0.1, 0.15) is 18.4 Å². The number of benzene rings is 2. The van der Waals surface area contributed by atoms with Crippen LogP contribution in [0.3, 0.4) is 0 Å². The number of nitrogens with zero attached hydrogens (tertiary/aromatic N) is 1. The highest BCUT2D eigenvalue weighted by Crippen LogP contribution is 2.36. The summed E-state index contributed by atoms with van der Waals surface area (Å²) in [5.41, 5.74) is -1.87. The molecule has 0 aromatic heterocycles. The fourth-order valence-electron chi connectivity index (χ4n) is 3.90. The van der Waals surface area contributed by atoms with Crippen LogP contribution < -0.4 is 15.0 Å². The Kier molecular flexibility index (Phi) is 5.74. The maximum atomic E-state index is 14.9. The number of carbonyl (C=O) groups is 1. The van der Waals surface area contributed by atoms with Gasteiger partial charge in [0.05, 0.1) is 12.2 Å². The lowest BCUT2D eigenvalue weighted by Gasteiger charge is -2.41. The Bertz CT molecular complexity index is 1010. The molecule has 1 amide bonds. The van der Waals surface area contributed by atoms with Crippen molar-refractivity contribution < 1.29 is 32.2 Å². The van der Waals surface area contributed by atoms with Gasteiger partial charge in [0, 0.05) is 23.6 Å². The molecule has 2 aliphatic heterocycles. The number of anilines is 2. The highest BCUT2D eigenvalue weighted by atomic mass is 35.5. The monoisotopic (exact) mass is 458 g/mol. The highest BCUT2D eigenvalue weighted by Gasteiger charge is 2.44. The van der Waals surface area contributed by atoms with E-state index in [2.05, 4.69) is 5.32 Å². The van der Waals surface area contributed by atoms with Gasteiger partial charge in [0.25, 0.3) is 0 Å². The minimum Gasteiger partial charge on any atom is -0.490 e. The van der Waals surface area contributed by atoms with Gasteiger partial charge in [-0.15, -0.1) is 0 Å². The van der Waals surface area contributed by atoms with Crippen molar-refractivity contribution in [1.82, 2.24) is 0 Å². The smallest absolute Gasteiger partial charge is 0.224 e. The summed E-state index contributed by atoms with van der Waals surface area (Å²) in [7, 11) is 0. The van der Waals surface area contributed by atoms with Gasteiger partial charge in [-0.25, -0.2) is 17.6 Å². The first-order chi connectivity index (χ1) is 14.7. The molecule has 2 atom stereocenters. The molecule has 0 unspecified atom stereocenters. The molecule has 2 aliphatic rings. The van der Waals surface area contributed by atoms with Crippen LogP contribution in [0.5, 0.6) is 5.75 Å². The topological polar surface area (TPSA) is 61.8 Å². The molecule has 0 aliphatic carbocycles. The molecular formula is C21H19ClF4N2O3. The number of amides is 1. The van der Waals surface area contributed by atoms with E-state index in [1.165, 1.54) is 11.0 Å². The van der Waals surface area contributed by atoms with Crippen molar-refractivity contribution in [3.8, 4) is 5.75 Å². The lowest BCUT2D eigenvalue weighted by Crippen LogP contribution is -2.57. The van der Waals surface area contributed by atoms with Crippen molar-refractivity contribution in [3.05, 3.63) is 52.3 Å². The molecule has 0 saturated carbocycles. The third-order valence-corrected chi connectivity index (χ3v) is 5.86. The molecule has 0 bridgehead atoms. The van der Waals surface area contributed by atoms with Crippen LogP contribution >= 0.6 is 11.6 Å². The molecule has 1 saturated heterocycles. The summed E-state index contributed by atoms with van der Waals surface area (Å²) in [5, 5.41) is 13.1. The van der Waals surface area contributed by atoms with Crippen LogP contribution in [0.2, 0.25) is 5.02 Å². The summed E-state index contributed by atoms with van der Waals surface area (Å²) in [5.74, 6) is -2.54. The second-order valence-corrected chi connectivity index (χ2v) is 8.16. The Morgan fingerprint density at radius 2 is 1.90 bits per heavy atom. The van der Waals surface area contributed by atoms with E-state index in [1.54, 1.807) is 0 Å². The summed E-state index contributed by atoms with van der Waals surface area (Å²) in [6, 6.07) is 4.35. The van der Waals surface area contributed by atoms with Crippen LogP contribution in [-0.4, -0.2) is 42.5 Å². The third-order valence-electron chi connectivity index (χ3n) is 5.64. The van der Waals surface area contributed by atoms with E-state index in [4.69, 9.17) is 16.3 Å². The summed E-state index contributed by atoms with van der Waals surface area (Å²) >= 11 is 5.63. The number of rotatable bonds is 4. The van der Waals surface area contributed by atoms with Gasteiger partial charge < -0.3 is 20.1 Å². The minimum absolute atomic E-state index is 0.0149. The van der Waals surface area contributed by atoms with E-state index in [9.17, 15) is 27.5 Å². The zero-order valence-electron chi connectivity index (χ0n) is 16.2. The number of aliphatic hydroxyl groups is 1. The van der Waals surface area contributed by atoms with Crippen molar-refractivity contribution in [2.75, 3.05) is 29.9 Å². The lowest BCUT2D eigenvalue weighted by atomic mass is 9.90. The molecule has 31 heavy (non-hydrogen) atoms. The van der Waals surface area contributed by atoms with Crippen LogP contribution in [0.15, 0.2) is 24.3 Å². The van der Waals surface area contributed by atoms with Gasteiger partial charge in [-0.1, -0.05) is 11.6 Å². The number of piperidine rings is 1. The second-order valence-electron chi connectivity index (χ2n) is 7.72. The maximum absolute atomic E-state index is 14.9. The average molecular weight is 459 g/mol. The Morgan fingerprint density at radius 3 is 2.58 bits per heavy atom. The third kappa shape index (κ3) is 4.16. The summed E-state index contributed by atoms with van der Waals surface area (Å²) < 4.78 is 62.9. The number of halogens is 5. The second kappa shape index (κ2) is 8.20. The van der Waals surface area contributed by atoms with Crippen molar-refractivity contribution >= 4 is 28.9 Å². The SMILES string of the molecule is O=C1CCc2c(OC[C@@]3(O)CCN(c4c(F)cc(Cl)cc4F)C[C@H]3F)ccc(F)c2N1. The van der Waals surface area contributed by atoms with Gasteiger partial charge >= 0.3 is 0 Å². The van der Waals surface area contributed by atoms with Crippen LogP contribution in [0.4, 0.5) is 28.9 Å². The summed E-state index contributed by atoms with van der Waals surface area (Å²) in [4.78, 5) is 12.7. The van der Waals surface area contributed by atoms with Crippen LogP contribution in [0.25, 0.3) is 0 Å².